The minimum absolute atomic E-state index is 0.0511. The van der Waals surface area contributed by atoms with E-state index in [0.29, 0.717) is 17.1 Å². The lowest BCUT2D eigenvalue weighted by atomic mass is 9.85. The number of carbonyl (C=O) groups is 3. The van der Waals surface area contributed by atoms with Crippen LogP contribution in [-0.2, 0) is 21.5 Å². The summed E-state index contributed by atoms with van der Waals surface area (Å²) in [7, 11) is 1.57. The summed E-state index contributed by atoms with van der Waals surface area (Å²) in [6.07, 6.45) is 5.12. The Hall–Kier alpha value is -3.61. The van der Waals surface area contributed by atoms with Crippen molar-refractivity contribution in [2.24, 2.45) is 23.7 Å². The molecule has 2 aliphatic carbocycles. The van der Waals surface area contributed by atoms with Gasteiger partial charge in [-0.2, -0.15) is 0 Å². The molecule has 5 rings (SSSR count). The summed E-state index contributed by atoms with van der Waals surface area (Å²) in [5.41, 5.74) is 3.06. The molecule has 4 unspecified atom stereocenters. The molecule has 1 aliphatic heterocycles. The van der Waals surface area contributed by atoms with Gasteiger partial charge in [0, 0.05) is 5.69 Å². The van der Waals surface area contributed by atoms with Gasteiger partial charge in [0.05, 0.1) is 31.2 Å². The van der Waals surface area contributed by atoms with Gasteiger partial charge < -0.3 is 15.4 Å². The minimum atomic E-state index is -0.386. The van der Waals surface area contributed by atoms with Crippen molar-refractivity contribution in [3.8, 4) is 5.75 Å². The number of benzene rings is 2. The van der Waals surface area contributed by atoms with E-state index in [0.717, 1.165) is 17.5 Å². The van der Waals surface area contributed by atoms with Gasteiger partial charge in [0.15, 0.2) is 0 Å². The average Bonchev–Trinajstić information content (AvgIpc) is 3.50. The number of amides is 4. The molecule has 2 bridgehead atoms. The number of imide groups is 1. The maximum absolute atomic E-state index is 12.9. The second-order valence-corrected chi connectivity index (χ2v) is 10.7. The van der Waals surface area contributed by atoms with E-state index in [4.69, 9.17) is 4.74 Å². The first-order valence-corrected chi connectivity index (χ1v) is 12.0. The summed E-state index contributed by atoms with van der Waals surface area (Å²) in [5.74, 6) is 0.525. The molecule has 2 fully saturated rings. The normalized spacial score (nSPS) is 24.6. The third-order valence-corrected chi connectivity index (χ3v) is 7.43. The van der Waals surface area contributed by atoms with Gasteiger partial charge in [-0.1, -0.05) is 51.1 Å². The van der Waals surface area contributed by atoms with Crippen molar-refractivity contribution >= 4 is 29.2 Å². The van der Waals surface area contributed by atoms with Crippen molar-refractivity contribution < 1.29 is 19.1 Å². The van der Waals surface area contributed by atoms with Gasteiger partial charge in [-0.15, -0.1) is 0 Å². The summed E-state index contributed by atoms with van der Waals surface area (Å²) < 4.78 is 5.40. The van der Waals surface area contributed by atoms with Crippen LogP contribution in [-0.4, -0.2) is 29.9 Å². The van der Waals surface area contributed by atoms with Crippen LogP contribution < -0.4 is 15.4 Å². The molecule has 1 saturated carbocycles. The molecule has 35 heavy (non-hydrogen) atoms. The Morgan fingerprint density at radius 1 is 0.971 bits per heavy atom. The lowest BCUT2D eigenvalue weighted by molar-refractivity contribution is -0.141. The number of allylic oxidation sites excluding steroid dienone is 2. The zero-order valence-corrected chi connectivity index (χ0v) is 20.5. The van der Waals surface area contributed by atoms with Crippen molar-refractivity contribution in [3.63, 3.8) is 0 Å². The number of rotatable bonds is 5. The number of fused-ring (bicyclic) bond motifs is 5. The van der Waals surface area contributed by atoms with E-state index in [2.05, 4.69) is 43.6 Å². The van der Waals surface area contributed by atoms with Gasteiger partial charge in [0.1, 0.15) is 5.75 Å². The minimum Gasteiger partial charge on any atom is -0.495 e. The lowest BCUT2D eigenvalue weighted by Crippen LogP contribution is -2.32. The topological polar surface area (TPSA) is 87.7 Å². The zero-order valence-electron chi connectivity index (χ0n) is 20.5. The molecule has 4 amide bonds. The van der Waals surface area contributed by atoms with E-state index in [1.165, 1.54) is 4.90 Å². The van der Waals surface area contributed by atoms with Crippen molar-refractivity contribution in [2.45, 2.75) is 39.2 Å². The summed E-state index contributed by atoms with van der Waals surface area (Å²) in [6, 6.07) is 12.6. The Labute approximate surface area is 205 Å². The smallest absolute Gasteiger partial charge is 0.323 e. The van der Waals surface area contributed by atoms with Crippen LogP contribution in [0.5, 0.6) is 5.75 Å². The van der Waals surface area contributed by atoms with Gasteiger partial charge in [0.25, 0.3) is 0 Å². The highest BCUT2D eigenvalue weighted by molar-refractivity contribution is 6.06. The Balaban J connectivity index is 1.22. The molecular formula is C28H31N3O4. The van der Waals surface area contributed by atoms with Crippen LogP contribution >= 0.6 is 0 Å². The molecule has 2 N–H and O–H groups in total. The number of ether oxygens (including phenoxy) is 1. The highest BCUT2D eigenvalue weighted by Gasteiger charge is 2.59. The fourth-order valence-corrected chi connectivity index (χ4v) is 5.55. The van der Waals surface area contributed by atoms with E-state index in [1.807, 2.05) is 30.3 Å². The Kier molecular flexibility index (Phi) is 5.66. The Morgan fingerprint density at radius 3 is 2.17 bits per heavy atom. The molecular weight excluding hydrogens is 442 g/mol. The van der Waals surface area contributed by atoms with Crippen molar-refractivity contribution in [2.75, 3.05) is 17.7 Å². The predicted octanol–water partition coefficient (Wildman–Crippen LogP) is 4.94. The second-order valence-electron chi connectivity index (χ2n) is 10.7. The van der Waals surface area contributed by atoms with Crippen LogP contribution in [0.2, 0.25) is 0 Å². The highest BCUT2D eigenvalue weighted by Crippen LogP contribution is 2.52. The van der Waals surface area contributed by atoms with Gasteiger partial charge in [-0.25, -0.2) is 4.79 Å². The molecule has 7 heteroatoms. The van der Waals surface area contributed by atoms with Crippen LogP contribution in [0.15, 0.2) is 54.6 Å². The van der Waals surface area contributed by atoms with Crippen LogP contribution in [0.4, 0.5) is 16.2 Å². The number of nitrogens with one attached hydrogen (secondary N) is 2. The number of methoxy groups -OCH3 is 1. The van der Waals surface area contributed by atoms with Gasteiger partial charge in [0.2, 0.25) is 11.8 Å². The number of nitrogens with zero attached hydrogens (tertiary/aromatic N) is 1. The van der Waals surface area contributed by atoms with E-state index in [-0.39, 0.29) is 53.5 Å². The van der Waals surface area contributed by atoms with Gasteiger partial charge >= 0.3 is 6.03 Å². The van der Waals surface area contributed by atoms with Crippen molar-refractivity contribution in [3.05, 3.63) is 65.7 Å². The maximum atomic E-state index is 12.9. The Bertz CT molecular complexity index is 1180. The van der Waals surface area contributed by atoms with E-state index in [9.17, 15) is 14.4 Å². The molecule has 1 saturated heterocycles. The number of hydrogen-bond acceptors (Lipinski definition) is 4. The molecule has 2 aromatic carbocycles. The number of hydrogen-bond donors (Lipinski definition) is 2. The molecule has 7 nitrogen and oxygen atoms in total. The quantitative estimate of drug-likeness (QED) is 0.475. The maximum Gasteiger partial charge on any atom is 0.323 e. The summed E-state index contributed by atoms with van der Waals surface area (Å²) >= 11 is 0. The zero-order chi connectivity index (χ0) is 24.9. The van der Waals surface area contributed by atoms with Gasteiger partial charge in [-0.3, -0.25) is 14.5 Å². The molecule has 1 heterocycles. The fraction of sp³-hybridized carbons (Fsp3) is 0.393. The summed E-state index contributed by atoms with van der Waals surface area (Å²) in [6.45, 7) is 6.58. The van der Waals surface area contributed by atoms with Crippen LogP contribution in [0.25, 0.3) is 0 Å². The predicted molar refractivity (Wildman–Crippen MR) is 134 cm³/mol. The molecule has 182 valence electrons. The number of carbonyl (C=O) groups excluding carboxylic acids is 3. The largest absolute Gasteiger partial charge is 0.495 e. The fourth-order valence-electron chi connectivity index (χ4n) is 5.55. The molecule has 3 aliphatic rings. The molecule has 0 aromatic heterocycles. The molecule has 0 spiro atoms. The number of urea groups is 1. The van der Waals surface area contributed by atoms with E-state index in [1.54, 1.807) is 19.2 Å². The van der Waals surface area contributed by atoms with Crippen molar-refractivity contribution in [1.82, 2.24) is 4.90 Å². The van der Waals surface area contributed by atoms with Crippen LogP contribution in [0.3, 0.4) is 0 Å². The summed E-state index contributed by atoms with van der Waals surface area (Å²) in [4.78, 5) is 39.9. The summed E-state index contributed by atoms with van der Waals surface area (Å²) in [5, 5.41) is 5.69. The van der Waals surface area contributed by atoms with Crippen LogP contribution in [0, 0.1) is 23.7 Å². The first-order chi connectivity index (χ1) is 16.7. The molecule has 2 aromatic rings. The third-order valence-electron chi connectivity index (χ3n) is 7.43. The third kappa shape index (κ3) is 4.20. The molecule has 4 atom stereocenters. The van der Waals surface area contributed by atoms with Gasteiger partial charge in [-0.05, 0) is 59.1 Å². The second kappa shape index (κ2) is 8.56. The SMILES string of the molecule is COc1ccc(C(C)(C)C)cc1NC(=O)Nc1ccc(CN2C(=O)C3C4C=CC(C4)C3C2=O)cc1. The Morgan fingerprint density at radius 2 is 1.60 bits per heavy atom. The first-order valence-electron chi connectivity index (χ1n) is 12.0. The first kappa shape index (κ1) is 23.1. The molecule has 0 radical (unpaired) electrons. The van der Waals surface area contributed by atoms with Crippen LogP contribution in [0.1, 0.15) is 38.3 Å². The monoisotopic (exact) mass is 473 g/mol. The standard InChI is InChI=1S/C28H31N3O4/c1-28(2,3)19-9-12-22(35-4)21(14-19)30-27(34)29-20-10-5-16(6-11-20)15-31-25(32)23-17-7-8-18(13-17)24(23)26(31)33/h5-12,14,17-18,23-24H,13,15H2,1-4H3,(H2,29,30,34). The highest BCUT2D eigenvalue weighted by atomic mass is 16.5. The van der Waals surface area contributed by atoms with Crippen molar-refractivity contribution in [1.29, 1.82) is 0 Å². The number of anilines is 2. The van der Waals surface area contributed by atoms with E-state index < -0.39 is 0 Å². The number of likely N-dealkylation sites (tertiary alicyclic amines) is 1. The average molecular weight is 474 g/mol. The van der Waals surface area contributed by atoms with E-state index >= 15 is 0 Å². The lowest BCUT2D eigenvalue weighted by Gasteiger charge is -2.21.